The first-order valence-electron chi connectivity index (χ1n) is 7.81. The number of halogens is 2. The van der Waals surface area contributed by atoms with Gasteiger partial charge in [-0.2, -0.15) is 5.10 Å². The van der Waals surface area contributed by atoms with Crippen LogP contribution in [0.2, 0.25) is 0 Å². The molecule has 1 aromatic heterocycles. The normalized spacial score (nSPS) is 11.0. The molecule has 2 aromatic carbocycles. The first kappa shape index (κ1) is 16.3. The lowest BCUT2D eigenvalue weighted by Gasteiger charge is -2.07. The first-order valence-corrected chi connectivity index (χ1v) is 7.81. The van der Waals surface area contributed by atoms with Crippen LogP contribution in [0.15, 0.2) is 48.5 Å². The molecule has 0 atom stereocenters. The zero-order chi connectivity index (χ0) is 17.1. The second-order valence-corrected chi connectivity index (χ2v) is 5.75. The van der Waals surface area contributed by atoms with Crippen LogP contribution < -0.4 is 5.32 Å². The largest absolute Gasteiger partial charge is 0.308 e. The van der Waals surface area contributed by atoms with Crippen LogP contribution in [0.3, 0.4) is 0 Å². The Kier molecular flexibility index (Phi) is 4.71. The van der Waals surface area contributed by atoms with Gasteiger partial charge in [0.2, 0.25) is 0 Å². The molecule has 3 rings (SSSR count). The SMILES string of the molecule is Cc1nn(-c2ccccc2)c(C)c1CNCc1ccc(F)c(F)c1. The number of para-hydroxylation sites is 1. The van der Waals surface area contributed by atoms with Crippen LogP contribution in [-0.2, 0) is 13.1 Å². The molecule has 0 amide bonds. The smallest absolute Gasteiger partial charge is 0.159 e. The second-order valence-electron chi connectivity index (χ2n) is 5.75. The number of nitrogens with one attached hydrogen (secondary N) is 1. The molecule has 0 aliphatic heterocycles. The second kappa shape index (κ2) is 6.93. The Balaban J connectivity index is 1.71. The van der Waals surface area contributed by atoms with E-state index in [1.807, 2.05) is 48.9 Å². The van der Waals surface area contributed by atoms with Crippen molar-refractivity contribution in [2.24, 2.45) is 0 Å². The number of hydrogen-bond donors (Lipinski definition) is 1. The molecule has 1 N–H and O–H groups in total. The molecule has 0 bridgehead atoms. The van der Waals surface area contributed by atoms with Crippen molar-refractivity contribution in [3.63, 3.8) is 0 Å². The summed E-state index contributed by atoms with van der Waals surface area (Å²) < 4.78 is 28.1. The van der Waals surface area contributed by atoms with Crippen LogP contribution in [0, 0.1) is 25.5 Å². The molecule has 0 aliphatic carbocycles. The minimum Gasteiger partial charge on any atom is -0.308 e. The van der Waals surface area contributed by atoms with E-state index in [1.54, 1.807) is 6.07 Å². The Hall–Kier alpha value is -2.53. The molecule has 0 spiro atoms. The molecule has 0 fully saturated rings. The van der Waals surface area contributed by atoms with Gasteiger partial charge in [-0.3, -0.25) is 0 Å². The molecular weight excluding hydrogens is 308 g/mol. The van der Waals surface area contributed by atoms with Gasteiger partial charge in [0.15, 0.2) is 11.6 Å². The van der Waals surface area contributed by atoms with Gasteiger partial charge in [-0.05, 0) is 43.7 Å². The minimum atomic E-state index is -0.824. The van der Waals surface area contributed by atoms with Gasteiger partial charge in [-0.25, -0.2) is 13.5 Å². The van der Waals surface area contributed by atoms with Gasteiger partial charge in [0.25, 0.3) is 0 Å². The fraction of sp³-hybridized carbons (Fsp3) is 0.211. The number of nitrogens with zero attached hydrogens (tertiary/aromatic N) is 2. The highest BCUT2D eigenvalue weighted by Gasteiger charge is 2.12. The third-order valence-electron chi connectivity index (χ3n) is 4.06. The number of aryl methyl sites for hydroxylation is 1. The summed E-state index contributed by atoms with van der Waals surface area (Å²) in [6.07, 6.45) is 0. The summed E-state index contributed by atoms with van der Waals surface area (Å²) in [6.45, 7) is 5.08. The highest BCUT2D eigenvalue weighted by Crippen LogP contribution is 2.18. The zero-order valence-corrected chi connectivity index (χ0v) is 13.7. The molecule has 0 aliphatic rings. The fourth-order valence-corrected chi connectivity index (χ4v) is 2.73. The summed E-state index contributed by atoms with van der Waals surface area (Å²) in [5, 5.41) is 7.87. The predicted molar refractivity (Wildman–Crippen MR) is 89.9 cm³/mol. The van der Waals surface area contributed by atoms with Crippen molar-refractivity contribution < 1.29 is 8.78 Å². The van der Waals surface area contributed by atoms with Crippen molar-refractivity contribution >= 4 is 0 Å². The average molecular weight is 327 g/mol. The third kappa shape index (κ3) is 3.36. The van der Waals surface area contributed by atoms with Gasteiger partial charge >= 0.3 is 0 Å². The molecule has 0 saturated heterocycles. The molecule has 3 aromatic rings. The summed E-state index contributed by atoms with van der Waals surface area (Å²) in [6, 6.07) is 13.9. The fourth-order valence-electron chi connectivity index (χ4n) is 2.73. The Labute approximate surface area is 139 Å². The number of aromatic nitrogens is 2. The van der Waals surface area contributed by atoms with E-state index in [0.717, 1.165) is 28.7 Å². The van der Waals surface area contributed by atoms with E-state index < -0.39 is 11.6 Å². The number of hydrogen-bond acceptors (Lipinski definition) is 2. The van der Waals surface area contributed by atoms with E-state index in [4.69, 9.17) is 0 Å². The number of benzene rings is 2. The summed E-state index contributed by atoms with van der Waals surface area (Å²) in [4.78, 5) is 0. The Morgan fingerprint density at radius 3 is 2.42 bits per heavy atom. The van der Waals surface area contributed by atoms with Crippen molar-refractivity contribution in [1.29, 1.82) is 0 Å². The van der Waals surface area contributed by atoms with E-state index >= 15 is 0 Å². The van der Waals surface area contributed by atoms with E-state index in [0.29, 0.717) is 18.7 Å². The van der Waals surface area contributed by atoms with E-state index in [-0.39, 0.29) is 0 Å². The van der Waals surface area contributed by atoms with Gasteiger partial charge in [-0.1, -0.05) is 24.3 Å². The first-order chi connectivity index (χ1) is 11.6. The van der Waals surface area contributed by atoms with Crippen LogP contribution in [0.5, 0.6) is 0 Å². The molecule has 1 heterocycles. The predicted octanol–water partition coefficient (Wildman–Crippen LogP) is 4.06. The molecule has 0 saturated carbocycles. The summed E-state index contributed by atoms with van der Waals surface area (Å²) >= 11 is 0. The highest BCUT2D eigenvalue weighted by atomic mass is 19.2. The van der Waals surface area contributed by atoms with E-state index in [1.165, 1.54) is 6.07 Å². The van der Waals surface area contributed by atoms with Crippen LogP contribution in [0.25, 0.3) is 5.69 Å². The summed E-state index contributed by atoms with van der Waals surface area (Å²) in [5.74, 6) is -1.65. The Bertz CT molecular complexity index is 841. The molecule has 3 nitrogen and oxygen atoms in total. The van der Waals surface area contributed by atoms with E-state index in [9.17, 15) is 8.78 Å². The van der Waals surface area contributed by atoms with Crippen molar-refractivity contribution in [3.05, 3.63) is 82.7 Å². The van der Waals surface area contributed by atoms with Gasteiger partial charge in [0.1, 0.15) is 0 Å². The molecule has 0 radical (unpaired) electrons. The standard InChI is InChI=1S/C19H19F2N3/c1-13-17(12-22-11-15-8-9-18(20)19(21)10-15)14(2)24(23-13)16-6-4-3-5-7-16/h3-10,22H,11-12H2,1-2H3. The summed E-state index contributed by atoms with van der Waals surface area (Å²) in [7, 11) is 0. The lowest BCUT2D eigenvalue weighted by Crippen LogP contribution is -2.14. The minimum absolute atomic E-state index is 0.465. The molecular formula is C19H19F2N3. The lowest BCUT2D eigenvalue weighted by atomic mass is 10.1. The molecule has 24 heavy (non-hydrogen) atoms. The van der Waals surface area contributed by atoms with Crippen molar-refractivity contribution in [1.82, 2.24) is 15.1 Å². The van der Waals surface area contributed by atoms with Gasteiger partial charge in [0.05, 0.1) is 11.4 Å². The average Bonchev–Trinajstić information content (AvgIpc) is 2.87. The zero-order valence-electron chi connectivity index (χ0n) is 13.7. The monoisotopic (exact) mass is 327 g/mol. The van der Waals surface area contributed by atoms with Gasteiger partial charge < -0.3 is 5.32 Å². The highest BCUT2D eigenvalue weighted by molar-refractivity contribution is 5.36. The maximum Gasteiger partial charge on any atom is 0.159 e. The van der Waals surface area contributed by atoms with Crippen LogP contribution in [0.4, 0.5) is 8.78 Å². The number of rotatable bonds is 5. The Morgan fingerprint density at radius 2 is 1.71 bits per heavy atom. The molecule has 124 valence electrons. The maximum absolute atomic E-state index is 13.2. The van der Waals surface area contributed by atoms with Crippen LogP contribution >= 0.6 is 0 Å². The van der Waals surface area contributed by atoms with Gasteiger partial charge in [-0.15, -0.1) is 0 Å². The maximum atomic E-state index is 13.2. The molecule has 5 heteroatoms. The quantitative estimate of drug-likeness (QED) is 0.766. The van der Waals surface area contributed by atoms with Crippen molar-refractivity contribution in [2.45, 2.75) is 26.9 Å². The third-order valence-corrected chi connectivity index (χ3v) is 4.06. The van der Waals surface area contributed by atoms with Crippen molar-refractivity contribution in [3.8, 4) is 5.69 Å². The summed E-state index contributed by atoms with van der Waals surface area (Å²) in [5.41, 5.74) is 4.86. The molecule has 0 unspecified atom stereocenters. The lowest BCUT2D eigenvalue weighted by molar-refractivity contribution is 0.506. The van der Waals surface area contributed by atoms with Crippen LogP contribution in [0.1, 0.15) is 22.5 Å². The van der Waals surface area contributed by atoms with Crippen LogP contribution in [-0.4, -0.2) is 9.78 Å². The van der Waals surface area contributed by atoms with E-state index in [2.05, 4.69) is 10.4 Å². The van der Waals surface area contributed by atoms with Crippen molar-refractivity contribution in [2.75, 3.05) is 0 Å². The van der Waals surface area contributed by atoms with Gasteiger partial charge in [0, 0.05) is 24.3 Å². The topological polar surface area (TPSA) is 29.9 Å². The Morgan fingerprint density at radius 1 is 0.958 bits per heavy atom.